The Labute approximate surface area is 219 Å². The van der Waals surface area contributed by atoms with Gasteiger partial charge in [-0.25, -0.2) is 18.1 Å². The second-order valence-corrected chi connectivity index (χ2v) is 11.3. The van der Waals surface area contributed by atoms with E-state index in [1.165, 1.54) is 0 Å². The van der Waals surface area contributed by atoms with Crippen molar-refractivity contribution < 1.29 is 8.42 Å². The Balaban J connectivity index is 1.45. The molecule has 0 aliphatic heterocycles. The van der Waals surface area contributed by atoms with Gasteiger partial charge >= 0.3 is 0 Å². The van der Waals surface area contributed by atoms with Crippen LogP contribution in [-0.4, -0.2) is 36.3 Å². The molecular weight excluding hydrogens is 480 g/mol. The van der Waals surface area contributed by atoms with Gasteiger partial charge in [0.05, 0.1) is 28.5 Å². The van der Waals surface area contributed by atoms with Crippen molar-refractivity contribution in [3.8, 4) is 22.5 Å². The maximum absolute atomic E-state index is 13.1. The Hall–Kier alpha value is -3.55. The van der Waals surface area contributed by atoms with Crippen molar-refractivity contribution >= 4 is 16.2 Å². The van der Waals surface area contributed by atoms with Crippen LogP contribution in [0.25, 0.3) is 22.5 Å². The van der Waals surface area contributed by atoms with Crippen LogP contribution in [0.1, 0.15) is 37.1 Å². The number of nitrogens with zero attached hydrogens (tertiary/aromatic N) is 3. The Bertz CT molecular complexity index is 1480. The van der Waals surface area contributed by atoms with Gasteiger partial charge in [0.15, 0.2) is 5.82 Å². The van der Waals surface area contributed by atoms with E-state index >= 15 is 0 Å². The molecule has 4 aromatic rings. The number of benzene rings is 3. The predicted molar refractivity (Wildman–Crippen MR) is 149 cm³/mol. The Kier molecular flexibility index (Phi) is 7.35. The van der Waals surface area contributed by atoms with Crippen molar-refractivity contribution in [1.29, 1.82) is 0 Å². The SMILES string of the molecule is Cc1ccc(S(=O)(=O)NC2CCCCC2N=Cc2nc(-c3ccccc3)c(-c3ccccc3)n2C)cc1. The summed E-state index contributed by atoms with van der Waals surface area (Å²) in [6.07, 6.45) is 5.40. The molecule has 3 aromatic carbocycles. The summed E-state index contributed by atoms with van der Waals surface area (Å²) in [6.45, 7) is 1.94. The van der Waals surface area contributed by atoms with Crippen molar-refractivity contribution in [1.82, 2.24) is 14.3 Å². The van der Waals surface area contributed by atoms with Gasteiger partial charge < -0.3 is 4.57 Å². The van der Waals surface area contributed by atoms with Crippen LogP contribution in [0.5, 0.6) is 0 Å². The topological polar surface area (TPSA) is 76.3 Å². The molecule has 5 rings (SSSR count). The van der Waals surface area contributed by atoms with Crippen LogP contribution in [-0.2, 0) is 17.1 Å². The summed E-state index contributed by atoms with van der Waals surface area (Å²) in [4.78, 5) is 10.2. The van der Waals surface area contributed by atoms with Gasteiger partial charge in [-0.15, -0.1) is 0 Å². The van der Waals surface area contributed by atoms with E-state index in [1.807, 2.05) is 68.7 Å². The van der Waals surface area contributed by atoms with Crippen LogP contribution in [0.15, 0.2) is 94.8 Å². The molecule has 1 fully saturated rings. The lowest BCUT2D eigenvalue weighted by Gasteiger charge is -2.29. The number of imidazole rings is 1. The third-order valence-corrected chi connectivity index (χ3v) is 8.48. The third kappa shape index (κ3) is 5.58. The van der Waals surface area contributed by atoms with Gasteiger partial charge in [-0.3, -0.25) is 4.99 Å². The van der Waals surface area contributed by atoms with Crippen molar-refractivity contribution in [2.75, 3.05) is 0 Å². The van der Waals surface area contributed by atoms with Gasteiger partial charge in [0.1, 0.15) is 0 Å². The summed E-state index contributed by atoms with van der Waals surface area (Å²) in [5, 5.41) is 0. The van der Waals surface area contributed by atoms with Crippen molar-refractivity contribution in [2.24, 2.45) is 12.0 Å². The maximum atomic E-state index is 13.1. The van der Waals surface area contributed by atoms with Crippen LogP contribution >= 0.6 is 0 Å². The van der Waals surface area contributed by atoms with E-state index < -0.39 is 10.0 Å². The highest BCUT2D eigenvalue weighted by molar-refractivity contribution is 7.89. The zero-order valence-corrected chi connectivity index (χ0v) is 22.0. The molecule has 0 radical (unpaired) electrons. The van der Waals surface area contributed by atoms with Gasteiger partial charge in [-0.05, 0) is 31.9 Å². The summed E-state index contributed by atoms with van der Waals surface area (Å²) >= 11 is 0. The standard InChI is InChI=1S/C30H32N4O2S/c1-22-17-19-25(20-18-22)37(35,36)33-27-16-10-9-15-26(27)31-21-28-32-29(23-11-5-3-6-12-23)30(34(28)2)24-13-7-4-8-14-24/h3-8,11-14,17-21,26-27,33H,9-10,15-16H2,1-2H3. The van der Waals surface area contributed by atoms with Gasteiger partial charge in [-0.1, -0.05) is 91.2 Å². The zero-order chi connectivity index (χ0) is 25.8. The number of aryl methyl sites for hydroxylation is 1. The van der Waals surface area contributed by atoms with E-state index in [1.54, 1.807) is 12.1 Å². The van der Waals surface area contributed by atoms with Gasteiger partial charge in [0.25, 0.3) is 0 Å². The number of aliphatic imine (C=N–C) groups is 1. The highest BCUT2D eigenvalue weighted by Crippen LogP contribution is 2.32. The summed E-state index contributed by atoms with van der Waals surface area (Å²) in [5.74, 6) is 0.739. The number of aromatic nitrogens is 2. The Morgan fingerprint density at radius 1 is 0.892 bits per heavy atom. The molecule has 1 N–H and O–H groups in total. The predicted octanol–water partition coefficient (Wildman–Crippen LogP) is 5.77. The minimum absolute atomic E-state index is 0.147. The monoisotopic (exact) mass is 512 g/mol. The first kappa shape index (κ1) is 25.1. The molecule has 1 aliphatic rings. The van der Waals surface area contributed by atoms with E-state index in [0.29, 0.717) is 0 Å². The molecule has 2 atom stereocenters. The number of sulfonamides is 1. The number of nitrogens with one attached hydrogen (secondary N) is 1. The summed E-state index contributed by atoms with van der Waals surface area (Å²) < 4.78 is 31.1. The largest absolute Gasteiger partial charge is 0.326 e. The van der Waals surface area contributed by atoms with E-state index in [9.17, 15) is 8.42 Å². The Morgan fingerprint density at radius 3 is 2.19 bits per heavy atom. The molecule has 0 amide bonds. The van der Waals surface area contributed by atoms with Crippen LogP contribution in [0, 0.1) is 6.92 Å². The number of hydrogen-bond acceptors (Lipinski definition) is 4. The van der Waals surface area contributed by atoms with E-state index in [-0.39, 0.29) is 17.0 Å². The first-order valence-electron chi connectivity index (χ1n) is 12.7. The molecule has 190 valence electrons. The van der Waals surface area contributed by atoms with Crippen molar-refractivity contribution in [2.45, 2.75) is 49.6 Å². The maximum Gasteiger partial charge on any atom is 0.240 e. The molecule has 1 aromatic heterocycles. The molecule has 1 aliphatic carbocycles. The molecule has 1 heterocycles. The average molecular weight is 513 g/mol. The Morgan fingerprint density at radius 2 is 1.51 bits per heavy atom. The first-order valence-corrected chi connectivity index (χ1v) is 14.2. The lowest BCUT2D eigenvalue weighted by atomic mass is 9.91. The second kappa shape index (κ2) is 10.8. The highest BCUT2D eigenvalue weighted by Gasteiger charge is 2.29. The van der Waals surface area contributed by atoms with Gasteiger partial charge in [0, 0.05) is 24.2 Å². The molecule has 0 bridgehead atoms. The van der Waals surface area contributed by atoms with Crippen molar-refractivity contribution in [3.63, 3.8) is 0 Å². The fourth-order valence-corrected chi connectivity index (χ4v) is 6.23. The van der Waals surface area contributed by atoms with Crippen LogP contribution in [0.2, 0.25) is 0 Å². The molecule has 0 spiro atoms. The summed E-state index contributed by atoms with van der Waals surface area (Å²) in [6, 6.07) is 26.9. The van der Waals surface area contributed by atoms with Crippen LogP contribution in [0.3, 0.4) is 0 Å². The third-order valence-electron chi connectivity index (χ3n) is 6.97. The highest BCUT2D eigenvalue weighted by atomic mass is 32.2. The second-order valence-electron chi connectivity index (χ2n) is 9.63. The van der Waals surface area contributed by atoms with Crippen LogP contribution in [0.4, 0.5) is 0 Å². The summed E-state index contributed by atoms with van der Waals surface area (Å²) in [7, 11) is -1.62. The lowest BCUT2D eigenvalue weighted by molar-refractivity contribution is 0.363. The van der Waals surface area contributed by atoms with Gasteiger partial charge in [0.2, 0.25) is 10.0 Å². The first-order chi connectivity index (χ1) is 17.9. The normalized spacial score (nSPS) is 18.3. The summed E-state index contributed by atoms with van der Waals surface area (Å²) in [5.41, 5.74) is 5.07. The lowest BCUT2D eigenvalue weighted by Crippen LogP contribution is -2.44. The molecule has 37 heavy (non-hydrogen) atoms. The van der Waals surface area contributed by atoms with Crippen molar-refractivity contribution in [3.05, 3.63) is 96.3 Å². The zero-order valence-electron chi connectivity index (χ0n) is 21.2. The molecular formula is C30H32N4O2S. The minimum atomic E-state index is -3.62. The molecule has 6 nitrogen and oxygen atoms in total. The molecule has 2 unspecified atom stereocenters. The van der Waals surface area contributed by atoms with E-state index in [4.69, 9.17) is 9.98 Å². The fourth-order valence-electron chi connectivity index (χ4n) is 4.93. The number of rotatable bonds is 7. The molecule has 7 heteroatoms. The van der Waals surface area contributed by atoms with Gasteiger partial charge in [-0.2, -0.15) is 0 Å². The fraction of sp³-hybridized carbons (Fsp3) is 0.267. The molecule has 0 saturated heterocycles. The van der Waals surface area contributed by atoms with E-state index in [0.717, 1.165) is 59.6 Å². The quantitative estimate of drug-likeness (QED) is 0.319. The average Bonchev–Trinajstić information content (AvgIpc) is 3.25. The van der Waals surface area contributed by atoms with E-state index in [2.05, 4.69) is 33.6 Å². The molecule has 1 saturated carbocycles. The smallest absolute Gasteiger partial charge is 0.240 e. The van der Waals surface area contributed by atoms with Crippen LogP contribution < -0.4 is 4.72 Å². The minimum Gasteiger partial charge on any atom is -0.326 e. The number of hydrogen-bond donors (Lipinski definition) is 1.